The molecule has 1 aromatic heterocycles. The van der Waals surface area contributed by atoms with E-state index in [0.717, 1.165) is 6.54 Å². The number of aromatic nitrogens is 2. The number of aryl methyl sites for hydroxylation is 1. The second-order valence-corrected chi connectivity index (χ2v) is 3.41. The normalized spacial score (nSPS) is 21.8. The Balaban J connectivity index is 1.65. The van der Waals surface area contributed by atoms with Crippen molar-refractivity contribution in [2.45, 2.75) is 19.6 Å². The van der Waals surface area contributed by atoms with Crippen molar-refractivity contribution in [3.8, 4) is 0 Å². The Hall–Kier alpha value is -0.980. The van der Waals surface area contributed by atoms with Gasteiger partial charge >= 0.3 is 0 Å². The van der Waals surface area contributed by atoms with Gasteiger partial charge in [-0.2, -0.15) is 0 Å². The van der Waals surface area contributed by atoms with E-state index in [1.54, 1.807) is 6.92 Å². The van der Waals surface area contributed by atoms with Crippen LogP contribution in [0.2, 0.25) is 0 Å². The lowest BCUT2D eigenvalue weighted by atomic mass is 10.3. The van der Waals surface area contributed by atoms with E-state index in [1.165, 1.54) is 0 Å². The molecule has 1 aliphatic heterocycles. The summed E-state index contributed by atoms with van der Waals surface area (Å²) in [6.07, 6.45) is 0.128. The van der Waals surface area contributed by atoms with Crippen molar-refractivity contribution >= 4 is 0 Å². The van der Waals surface area contributed by atoms with Crippen molar-refractivity contribution in [3.63, 3.8) is 0 Å². The minimum absolute atomic E-state index is 0.128. The SMILES string of the molecule is Cc1nnc(CNCC2COCCO2)o1. The third kappa shape index (κ3) is 3.26. The first-order valence-corrected chi connectivity index (χ1v) is 5.03. The van der Waals surface area contributed by atoms with E-state index in [0.29, 0.717) is 38.1 Å². The molecule has 1 saturated heterocycles. The summed E-state index contributed by atoms with van der Waals surface area (Å²) in [7, 11) is 0. The van der Waals surface area contributed by atoms with Gasteiger partial charge < -0.3 is 19.2 Å². The highest BCUT2D eigenvalue weighted by molar-refractivity contribution is 4.78. The molecule has 1 aliphatic rings. The maximum atomic E-state index is 5.47. The van der Waals surface area contributed by atoms with E-state index >= 15 is 0 Å². The average Bonchev–Trinajstić information content (AvgIpc) is 2.66. The zero-order valence-electron chi connectivity index (χ0n) is 8.73. The van der Waals surface area contributed by atoms with Gasteiger partial charge in [-0.15, -0.1) is 10.2 Å². The fourth-order valence-electron chi connectivity index (χ4n) is 1.40. The van der Waals surface area contributed by atoms with Crippen LogP contribution in [-0.2, 0) is 16.0 Å². The second kappa shape index (κ2) is 5.20. The molecule has 1 aromatic rings. The minimum atomic E-state index is 0.128. The molecule has 84 valence electrons. The highest BCUT2D eigenvalue weighted by atomic mass is 16.6. The molecule has 0 spiro atoms. The lowest BCUT2D eigenvalue weighted by Crippen LogP contribution is -2.37. The monoisotopic (exact) mass is 213 g/mol. The van der Waals surface area contributed by atoms with E-state index in [1.807, 2.05) is 0 Å². The molecule has 1 fully saturated rings. The Labute approximate surface area is 88.0 Å². The van der Waals surface area contributed by atoms with Crippen LogP contribution in [0.3, 0.4) is 0 Å². The lowest BCUT2D eigenvalue weighted by molar-refractivity contribution is -0.0865. The molecule has 6 nitrogen and oxygen atoms in total. The number of rotatable bonds is 4. The van der Waals surface area contributed by atoms with Gasteiger partial charge in [-0.25, -0.2) is 0 Å². The Morgan fingerprint density at radius 2 is 2.33 bits per heavy atom. The molecule has 1 atom stereocenters. The molecule has 0 bridgehead atoms. The fourth-order valence-corrected chi connectivity index (χ4v) is 1.40. The van der Waals surface area contributed by atoms with Gasteiger partial charge in [0.1, 0.15) is 0 Å². The molecule has 0 saturated carbocycles. The molecule has 1 N–H and O–H groups in total. The highest BCUT2D eigenvalue weighted by Crippen LogP contribution is 2.00. The Morgan fingerprint density at radius 3 is 3.00 bits per heavy atom. The van der Waals surface area contributed by atoms with Gasteiger partial charge in [-0.05, 0) is 0 Å². The quantitative estimate of drug-likeness (QED) is 0.752. The molecule has 6 heteroatoms. The molecule has 15 heavy (non-hydrogen) atoms. The van der Waals surface area contributed by atoms with Crippen LogP contribution in [0.15, 0.2) is 4.42 Å². The minimum Gasteiger partial charge on any atom is -0.424 e. The van der Waals surface area contributed by atoms with Gasteiger partial charge in [-0.1, -0.05) is 0 Å². The molecule has 2 heterocycles. The molecule has 0 aromatic carbocycles. The predicted molar refractivity (Wildman–Crippen MR) is 51.3 cm³/mol. The number of hydrogen-bond acceptors (Lipinski definition) is 6. The topological polar surface area (TPSA) is 69.4 Å². The maximum Gasteiger partial charge on any atom is 0.230 e. The summed E-state index contributed by atoms with van der Waals surface area (Å²) >= 11 is 0. The van der Waals surface area contributed by atoms with Gasteiger partial charge in [0.05, 0.1) is 32.5 Å². The van der Waals surface area contributed by atoms with Crippen LogP contribution >= 0.6 is 0 Å². The zero-order valence-corrected chi connectivity index (χ0v) is 8.73. The number of hydrogen-bond donors (Lipinski definition) is 1. The van der Waals surface area contributed by atoms with Crippen molar-refractivity contribution in [3.05, 3.63) is 11.8 Å². The second-order valence-electron chi connectivity index (χ2n) is 3.41. The molecule has 1 unspecified atom stereocenters. The standard InChI is InChI=1S/C9H15N3O3/c1-7-11-12-9(15-7)5-10-4-8-6-13-2-3-14-8/h8,10H,2-6H2,1H3. The Bertz CT molecular complexity index is 297. The smallest absolute Gasteiger partial charge is 0.230 e. The van der Waals surface area contributed by atoms with Crippen molar-refractivity contribution in [2.24, 2.45) is 0 Å². The number of nitrogens with one attached hydrogen (secondary N) is 1. The van der Waals surface area contributed by atoms with Crippen molar-refractivity contribution in [1.82, 2.24) is 15.5 Å². The first-order valence-electron chi connectivity index (χ1n) is 5.03. The highest BCUT2D eigenvalue weighted by Gasteiger charge is 2.13. The van der Waals surface area contributed by atoms with Crippen molar-refractivity contribution in [2.75, 3.05) is 26.4 Å². The summed E-state index contributed by atoms with van der Waals surface area (Å²) < 4.78 is 16.0. The van der Waals surface area contributed by atoms with Crippen LogP contribution < -0.4 is 5.32 Å². The zero-order chi connectivity index (χ0) is 10.5. The van der Waals surface area contributed by atoms with E-state index in [-0.39, 0.29) is 6.10 Å². The molecule has 0 radical (unpaired) electrons. The predicted octanol–water partition coefficient (Wildman–Crippen LogP) is -0.117. The van der Waals surface area contributed by atoms with Crippen LogP contribution in [0.1, 0.15) is 11.8 Å². The van der Waals surface area contributed by atoms with Crippen LogP contribution in [0.5, 0.6) is 0 Å². The van der Waals surface area contributed by atoms with Gasteiger partial charge in [0.15, 0.2) is 0 Å². The van der Waals surface area contributed by atoms with Gasteiger partial charge in [0, 0.05) is 13.5 Å². The van der Waals surface area contributed by atoms with E-state index < -0.39 is 0 Å². The lowest BCUT2D eigenvalue weighted by Gasteiger charge is -2.22. The van der Waals surface area contributed by atoms with E-state index in [4.69, 9.17) is 13.9 Å². The molecule has 0 aliphatic carbocycles. The summed E-state index contributed by atoms with van der Waals surface area (Å²) in [5.41, 5.74) is 0. The fraction of sp³-hybridized carbons (Fsp3) is 0.778. The molecular weight excluding hydrogens is 198 g/mol. The Kier molecular flexibility index (Phi) is 3.65. The maximum absolute atomic E-state index is 5.47. The largest absolute Gasteiger partial charge is 0.424 e. The van der Waals surface area contributed by atoms with Gasteiger partial charge in [0.2, 0.25) is 11.8 Å². The third-order valence-electron chi connectivity index (χ3n) is 2.10. The summed E-state index contributed by atoms with van der Waals surface area (Å²) in [5, 5.41) is 10.8. The first kappa shape index (κ1) is 10.5. The summed E-state index contributed by atoms with van der Waals surface area (Å²) in [4.78, 5) is 0. The summed E-state index contributed by atoms with van der Waals surface area (Å²) in [6, 6.07) is 0. The van der Waals surface area contributed by atoms with Crippen LogP contribution in [0.4, 0.5) is 0 Å². The summed E-state index contributed by atoms with van der Waals surface area (Å²) in [6.45, 7) is 5.10. The number of ether oxygens (including phenoxy) is 2. The van der Waals surface area contributed by atoms with Gasteiger partial charge in [-0.3, -0.25) is 0 Å². The Morgan fingerprint density at radius 1 is 1.40 bits per heavy atom. The van der Waals surface area contributed by atoms with Crippen LogP contribution in [0.25, 0.3) is 0 Å². The van der Waals surface area contributed by atoms with Gasteiger partial charge in [0.25, 0.3) is 0 Å². The molecular formula is C9H15N3O3. The van der Waals surface area contributed by atoms with E-state index in [2.05, 4.69) is 15.5 Å². The average molecular weight is 213 g/mol. The third-order valence-corrected chi connectivity index (χ3v) is 2.10. The van der Waals surface area contributed by atoms with E-state index in [9.17, 15) is 0 Å². The van der Waals surface area contributed by atoms with Crippen molar-refractivity contribution < 1.29 is 13.9 Å². The van der Waals surface area contributed by atoms with Crippen molar-refractivity contribution in [1.29, 1.82) is 0 Å². The summed E-state index contributed by atoms with van der Waals surface area (Å²) in [5.74, 6) is 1.19. The van der Waals surface area contributed by atoms with Crippen LogP contribution in [0, 0.1) is 6.92 Å². The number of nitrogens with zero attached hydrogens (tertiary/aromatic N) is 2. The molecule has 2 rings (SSSR count). The first-order chi connectivity index (χ1) is 7.34. The van der Waals surface area contributed by atoms with Crippen LogP contribution in [-0.4, -0.2) is 42.7 Å². The molecule has 0 amide bonds.